The summed E-state index contributed by atoms with van der Waals surface area (Å²) >= 11 is 0. The van der Waals surface area contributed by atoms with E-state index < -0.39 is 0 Å². The van der Waals surface area contributed by atoms with E-state index in [-0.39, 0.29) is 0 Å². The van der Waals surface area contributed by atoms with E-state index in [1.807, 2.05) is 42.5 Å². The Morgan fingerprint density at radius 3 is 2.33 bits per heavy atom. The molecular weight excluding hydrogens is 637 g/mol. The standard InChI is InChI=1S/C48H34N2O2/c1-4-12-42-30(3)35-16-10-17-39-40-27-32(20-24-43(40)50(42)48(35)39)31(5-2)13-11-26-49(33-22-25-46-41(28-33)37-15-7-9-19-45(37)51-46)34-21-23-38-36-14-6-8-18-44(36)52-47(38)29-34/h4-21,23-24,26-29H,1-3,22,25H2. The molecule has 10 rings (SSSR count). The van der Waals surface area contributed by atoms with Crippen molar-refractivity contribution in [1.82, 2.24) is 4.40 Å². The van der Waals surface area contributed by atoms with Crippen molar-refractivity contribution in [3.63, 3.8) is 0 Å². The summed E-state index contributed by atoms with van der Waals surface area (Å²) in [4.78, 5) is 2.28. The summed E-state index contributed by atoms with van der Waals surface area (Å²) in [6.45, 7) is 12.6. The van der Waals surface area contributed by atoms with E-state index in [1.165, 1.54) is 27.4 Å². The Morgan fingerprint density at radius 2 is 1.48 bits per heavy atom. The van der Waals surface area contributed by atoms with E-state index >= 15 is 0 Å². The molecule has 0 unspecified atom stereocenters. The fourth-order valence-electron chi connectivity index (χ4n) is 8.16. The first-order valence-corrected chi connectivity index (χ1v) is 17.6. The van der Waals surface area contributed by atoms with Crippen LogP contribution in [-0.4, -0.2) is 4.40 Å². The first kappa shape index (κ1) is 30.1. The molecule has 4 heteroatoms. The van der Waals surface area contributed by atoms with Crippen LogP contribution in [0.1, 0.15) is 23.3 Å². The summed E-state index contributed by atoms with van der Waals surface area (Å²) in [6, 6.07) is 36.1. The molecule has 9 aromatic rings. The van der Waals surface area contributed by atoms with Crippen LogP contribution >= 0.6 is 0 Å². The van der Waals surface area contributed by atoms with Gasteiger partial charge in [-0.3, -0.25) is 0 Å². The van der Waals surface area contributed by atoms with E-state index in [0.717, 1.165) is 90.0 Å². The summed E-state index contributed by atoms with van der Waals surface area (Å²) in [6.07, 6.45) is 16.2. The van der Waals surface area contributed by atoms with Gasteiger partial charge in [-0.1, -0.05) is 98.6 Å². The van der Waals surface area contributed by atoms with Crippen LogP contribution < -0.4 is 15.5 Å². The van der Waals surface area contributed by atoms with Gasteiger partial charge in [-0.25, -0.2) is 0 Å². The van der Waals surface area contributed by atoms with Gasteiger partial charge in [0.1, 0.15) is 22.5 Å². The first-order chi connectivity index (χ1) is 25.6. The highest BCUT2D eigenvalue weighted by molar-refractivity contribution is 6.15. The van der Waals surface area contributed by atoms with Crippen molar-refractivity contribution in [2.75, 3.05) is 4.90 Å². The number of hydrogen-bond acceptors (Lipinski definition) is 3. The van der Waals surface area contributed by atoms with Crippen LogP contribution in [0.25, 0.3) is 84.4 Å². The van der Waals surface area contributed by atoms with E-state index in [0.29, 0.717) is 0 Å². The highest BCUT2D eigenvalue weighted by Gasteiger charge is 2.22. The molecule has 4 nitrogen and oxygen atoms in total. The lowest BCUT2D eigenvalue weighted by atomic mass is 9.99. The molecule has 1 aliphatic carbocycles. The molecule has 0 amide bonds. The lowest BCUT2D eigenvalue weighted by molar-refractivity contribution is 0.542. The van der Waals surface area contributed by atoms with Gasteiger partial charge >= 0.3 is 0 Å². The van der Waals surface area contributed by atoms with Gasteiger partial charge in [0.2, 0.25) is 0 Å². The molecule has 0 bridgehead atoms. The molecule has 0 saturated heterocycles. The first-order valence-electron chi connectivity index (χ1n) is 17.6. The van der Waals surface area contributed by atoms with Gasteiger partial charge < -0.3 is 18.1 Å². The number of para-hydroxylation sites is 3. The monoisotopic (exact) mass is 670 g/mol. The molecule has 0 spiro atoms. The van der Waals surface area contributed by atoms with E-state index in [4.69, 9.17) is 8.83 Å². The number of rotatable bonds is 7. The molecule has 0 atom stereocenters. The molecule has 5 aromatic carbocycles. The van der Waals surface area contributed by atoms with Crippen LogP contribution in [0.3, 0.4) is 0 Å². The number of nitrogens with zero attached hydrogens (tertiary/aromatic N) is 2. The van der Waals surface area contributed by atoms with Crippen molar-refractivity contribution in [2.24, 2.45) is 0 Å². The van der Waals surface area contributed by atoms with Gasteiger partial charge in [0.25, 0.3) is 0 Å². The predicted octanol–water partition coefficient (Wildman–Crippen LogP) is 11.3. The Hall–Kier alpha value is -6.78. The summed E-state index contributed by atoms with van der Waals surface area (Å²) in [5, 5.41) is 9.04. The Kier molecular flexibility index (Phi) is 6.74. The highest BCUT2D eigenvalue weighted by Crippen LogP contribution is 2.38. The third kappa shape index (κ3) is 4.47. The number of aryl methyl sites for hydroxylation is 1. The molecule has 0 saturated carbocycles. The van der Waals surface area contributed by atoms with Crippen molar-refractivity contribution < 1.29 is 8.83 Å². The maximum atomic E-state index is 6.33. The van der Waals surface area contributed by atoms with E-state index in [9.17, 15) is 0 Å². The maximum absolute atomic E-state index is 6.33. The summed E-state index contributed by atoms with van der Waals surface area (Å²) < 4.78 is 14.9. The zero-order chi connectivity index (χ0) is 34.9. The Morgan fingerprint density at radius 1 is 0.712 bits per heavy atom. The van der Waals surface area contributed by atoms with Crippen molar-refractivity contribution >= 4 is 90.1 Å². The number of hydrogen-bond donors (Lipinski definition) is 0. The van der Waals surface area contributed by atoms with Gasteiger partial charge in [-0.2, -0.15) is 0 Å². The van der Waals surface area contributed by atoms with Crippen LogP contribution in [-0.2, 0) is 6.42 Å². The summed E-state index contributed by atoms with van der Waals surface area (Å²) in [7, 11) is 0. The molecule has 0 aliphatic heterocycles. The predicted molar refractivity (Wildman–Crippen MR) is 219 cm³/mol. The second-order valence-corrected chi connectivity index (χ2v) is 13.4. The van der Waals surface area contributed by atoms with E-state index in [2.05, 4.69) is 132 Å². The van der Waals surface area contributed by atoms with Crippen molar-refractivity contribution in [2.45, 2.75) is 12.8 Å². The van der Waals surface area contributed by atoms with Gasteiger partial charge in [-0.15, -0.1) is 0 Å². The number of allylic oxidation sites excluding steroid dienone is 6. The van der Waals surface area contributed by atoms with Crippen LogP contribution in [0.4, 0.5) is 5.69 Å². The van der Waals surface area contributed by atoms with Crippen LogP contribution in [0, 0.1) is 0 Å². The topological polar surface area (TPSA) is 33.9 Å². The Labute approximate surface area is 300 Å². The molecule has 1 aliphatic rings. The van der Waals surface area contributed by atoms with Crippen molar-refractivity contribution in [3.8, 4) is 0 Å². The van der Waals surface area contributed by atoms with Gasteiger partial charge in [0.15, 0.2) is 0 Å². The van der Waals surface area contributed by atoms with Gasteiger partial charge in [0.05, 0.1) is 16.4 Å². The summed E-state index contributed by atoms with van der Waals surface area (Å²) in [5.41, 5.74) is 10.5. The highest BCUT2D eigenvalue weighted by atomic mass is 16.3. The van der Waals surface area contributed by atoms with Crippen molar-refractivity contribution in [1.29, 1.82) is 0 Å². The number of fused-ring (bicyclic) bond motifs is 9. The summed E-state index contributed by atoms with van der Waals surface area (Å²) in [5.74, 6) is 1.04. The number of furan rings is 2. The molecular formula is C48H34N2O2. The zero-order valence-corrected chi connectivity index (χ0v) is 28.6. The SMILES string of the molecule is C=CC=c1c(=C)c2cccc3c4cc(C(C=C)=CC=CN(C5=Cc6c(oc7ccccc67)CC5)c5ccc6c(c5)oc5ccccc56)ccc4n1c23. The average Bonchev–Trinajstić information content (AvgIpc) is 3.91. The minimum Gasteiger partial charge on any atom is -0.460 e. The molecule has 52 heavy (non-hydrogen) atoms. The molecule has 0 N–H and O–H groups in total. The van der Waals surface area contributed by atoms with Crippen LogP contribution in [0.2, 0.25) is 0 Å². The normalized spacial score (nSPS) is 14.1. The Balaban J connectivity index is 1.09. The fourth-order valence-corrected chi connectivity index (χ4v) is 8.16. The lowest BCUT2D eigenvalue weighted by Crippen LogP contribution is -2.23. The van der Waals surface area contributed by atoms with Crippen LogP contribution in [0.5, 0.6) is 0 Å². The number of anilines is 1. The minimum absolute atomic E-state index is 0.827. The molecule has 4 heterocycles. The average molecular weight is 671 g/mol. The number of benzene rings is 5. The zero-order valence-electron chi connectivity index (χ0n) is 28.6. The van der Waals surface area contributed by atoms with Crippen LogP contribution in [0.15, 0.2) is 161 Å². The number of aromatic nitrogens is 1. The maximum Gasteiger partial charge on any atom is 0.137 e. The third-order valence-corrected chi connectivity index (χ3v) is 10.6. The largest absolute Gasteiger partial charge is 0.460 e. The van der Waals surface area contributed by atoms with Gasteiger partial charge in [0, 0.05) is 73.2 Å². The second kappa shape index (κ2) is 11.6. The fraction of sp³-hybridized carbons (Fsp3) is 0.0417. The smallest absolute Gasteiger partial charge is 0.137 e. The minimum atomic E-state index is 0.827. The Bertz CT molecular complexity index is 3140. The molecule has 0 radical (unpaired) electrons. The molecule has 248 valence electrons. The lowest BCUT2D eigenvalue weighted by Gasteiger charge is -2.26. The third-order valence-electron chi connectivity index (χ3n) is 10.6. The quantitative estimate of drug-likeness (QED) is 0.158. The van der Waals surface area contributed by atoms with Gasteiger partial charge in [-0.05, 0) is 72.2 Å². The van der Waals surface area contributed by atoms with Crippen molar-refractivity contribution in [3.05, 3.63) is 180 Å². The second-order valence-electron chi connectivity index (χ2n) is 13.4. The van der Waals surface area contributed by atoms with E-state index in [1.54, 1.807) is 0 Å². The molecule has 0 fully saturated rings. The molecule has 4 aromatic heterocycles.